The molecule has 0 spiro atoms. The Bertz CT molecular complexity index is 482. The second kappa shape index (κ2) is 8.05. The molecule has 0 aliphatic carbocycles. The fraction of sp³-hybridized carbons (Fsp3) is 0.467. The van der Waals surface area contributed by atoms with Crippen molar-refractivity contribution in [3.63, 3.8) is 0 Å². The van der Waals surface area contributed by atoms with Gasteiger partial charge in [0.05, 0.1) is 19.8 Å². The summed E-state index contributed by atoms with van der Waals surface area (Å²) in [6.45, 7) is 2.09. The molecule has 0 radical (unpaired) electrons. The lowest BCUT2D eigenvalue weighted by Gasteiger charge is -2.24. The lowest BCUT2D eigenvalue weighted by atomic mass is 10.1. The minimum atomic E-state index is -0.564. The first-order valence-corrected chi connectivity index (χ1v) is 6.47. The topological polar surface area (TPSA) is 55.8 Å². The lowest BCUT2D eigenvalue weighted by molar-refractivity contribution is -0.135. The van der Waals surface area contributed by atoms with Gasteiger partial charge in [0, 0.05) is 12.6 Å². The van der Waals surface area contributed by atoms with Gasteiger partial charge in [-0.25, -0.2) is 9.59 Å². The van der Waals surface area contributed by atoms with E-state index in [0.717, 1.165) is 19.3 Å². The third-order valence-corrected chi connectivity index (χ3v) is 2.75. The third kappa shape index (κ3) is 4.16. The fourth-order valence-electron chi connectivity index (χ4n) is 1.63. The average Bonchev–Trinajstić information content (AvgIpc) is 2.50. The number of nitrogens with zero attached hydrogens (tertiary/aromatic N) is 1. The standard InChI is InChI=1S/C15H19NO4/c1-4-5-6-7-8-13-10-9-12(14(17)19-2)11-16(13)15(18)20-3/h9-11,13H,4-6H2,1-3H3. The molecule has 5 nitrogen and oxygen atoms in total. The molecule has 1 aliphatic rings. The summed E-state index contributed by atoms with van der Waals surface area (Å²) in [6.07, 6.45) is 6.99. The maximum Gasteiger partial charge on any atom is 0.414 e. The molecule has 0 fully saturated rings. The molecule has 0 aromatic rings. The molecule has 0 aromatic carbocycles. The molecular weight excluding hydrogens is 258 g/mol. The van der Waals surface area contributed by atoms with Crippen LogP contribution in [0, 0.1) is 11.8 Å². The quantitative estimate of drug-likeness (QED) is 0.451. The van der Waals surface area contributed by atoms with Gasteiger partial charge >= 0.3 is 12.1 Å². The predicted octanol–water partition coefficient (Wildman–Crippen LogP) is 2.24. The number of carbonyl (C=O) groups is 2. The summed E-state index contributed by atoms with van der Waals surface area (Å²) in [4.78, 5) is 24.5. The normalized spacial score (nSPS) is 16.9. The van der Waals surface area contributed by atoms with Gasteiger partial charge in [-0.3, -0.25) is 4.90 Å². The highest BCUT2D eigenvalue weighted by molar-refractivity contribution is 5.92. The Labute approximate surface area is 119 Å². The minimum absolute atomic E-state index is 0.282. The third-order valence-electron chi connectivity index (χ3n) is 2.75. The second-order valence-corrected chi connectivity index (χ2v) is 4.18. The van der Waals surface area contributed by atoms with Crippen molar-refractivity contribution in [3.05, 3.63) is 23.9 Å². The van der Waals surface area contributed by atoms with Crippen LogP contribution in [0.15, 0.2) is 23.9 Å². The molecule has 0 bridgehead atoms. The second-order valence-electron chi connectivity index (χ2n) is 4.18. The zero-order valence-corrected chi connectivity index (χ0v) is 12.0. The van der Waals surface area contributed by atoms with Crippen molar-refractivity contribution >= 4 is 12.1 Å². The fourth-order valence-corrected chi connectivity index (χ4v) is 1.63. The van der Waals surface area contributed by atoms with Gasteiger partial charge in [0.25, 0.3) is 0 Å². The molecule has 1 rings (SSSR count). The van der Waals surface area contributed by atoms with Gasteiger partial charge in [-0.1, -0.05) is 19.3 Å². The number of esters is 1. The maximum atomic E-state index is 11.7. The van der Waals surface area contributed by atoms with E-state index in [9.17, 15) is 9.59 Å². The van der Waals surface area contributed by atoms with E-state index in [1.807, 2.05) is 0 Å². The number of methoxy groups -OCH3 is 2. The zero-order valence-electron chi connectivity index (χ0n) is 12.0. The summed E-state index contributed by atoms with van der Waals surface area (Å²) >= 11 is 0. The number of carbonyl (C=O) groups excluding carboxylic acids is 2. The number of amides is 1. The van der Waals surface area contributed by atoms with Crippen molar-refractivity contribution in [2.75, 3.05) is 14.2 Å². The van der Waals surface area contributed by atoms with Crippen LogP contribution in [-0.2, 0) is 14.3 Å². The molecule has 1 amide bonds. The molecule has 108 valence electrons. The van der Waals surface area contributed by atoms with Gasteiger partial charge in [0.15, 0.2) is 0 Å². The van der Waals surface area contributed by atoms with E-state index in [-0.39, 0.29) is 5.57 Å². The molecule has 0 N–H and O–H groups in total. The van der Waals surface area contributed by atoms with E-state index in [2.05, 4.69) is 23.5 Å². The summed E-state index contributed by atoms with van der Waals surface area (Å²) in [7, 11) is 2.57. The molecule has 1 unspecified atom stereocenters. The number of hydrogen-bond acceptors (Lipinski definition) is 4. The number of unbranched alkanes of at least 4 members (excludes halogenated alkanes) is 2. The van der Waals surface area contributed by atoms with Crippen LogP contribution in [0.1, 0.15) is 26.2 Å². The molecule has 5 heteroatoms. The van der Waals surface area contributed by atoms with Gasteiger partial charge in [-0.15, -0.1) is 5.92 Å². The summed E-state index contributed by atoms with van der Waals surface area (Å²) in [5.74, 6) is 5.51. The van der Waals surface area contributed by atoms with Crippen molar-refractivity contribution in [1.29, 1.82) is 0 Å². The Morgan fingerprint density at radius 2 is 2.10 bits per heavy atom. The largest absolute Gasteiger partial charge is 0.465 e. The monoisotopic (exact) mass is 277 g/mol. The highest BCUT2D eigenvalue weighted by Crippen LogP contribution is 2.15. The van der Waals surface area contributed by atoms with Crippen LogP contribution in [0.3, 0.4) is 0 Å². The zero-order chi connectivity index (χ0) is 15.0. The van der Waals surface area contributed by atoms with Crippen molar-refractivity contribution in [2.24, 2.45) is 0 Å². The van der Waals surface area contributed by atoms with E-state index in [1.54, 1.807) is 12.2 Å². The molecule has 1 aliphatic heterocycles. The molecule has 1 heterocycles. The first-order chi connectivity index (χ1) is 9.63. The first-order valence-electron chi connectivity index (χ1n) is 6.47. The van der Waals surface area contributed by atoms with E-state index in [1.165, 1.54) is 25.3 Å². The Morgan fingerprint density at radius 1 is 1.35 bits per heavy atom. The van der Waals surface area contributed by atoms with Crippen LogP contribution in [0.4, 0.5) is 4.79 Å². The highest BCUT2D eigenvalue weighted by Gasteiger charge is 2.24. The van der Waals surface area contributed by atoms with E-state index < -0.39 is 18.1 Å². The van der Waals surface area contributed by atoms with Crippen molar-refractivity contribution in [2.45, 2.75) is 32.2 Å². The minimum Gasteiger partial charge on any atom is -0.465 e. The van der Waals surface area contributed by atoms with Crippen molar-refractivity contribution in [3.8, 4) is 11.8 Å². The molecule has 0 saturated carbocycles. The van der Waals surface area contributed by atoms with Crippen LogP contribution in [-0.4, -0.2) is 37.2 Å². The van der Waals surface area contributed by atoms with Gasteiger partial charge in [-0.2, -0.15) is 0 Å². The molecular formula is C15H19NO4. The van der Waals surface area contributed by atoms with E-state index in [0.29, 0.717) is 0 Å². The molecule has 0 saturated heterocycles. The van der Waals surface area contributed by atoms with Crippen LogP contribution in [0.5, 0.6) is 0 Å². The predicted molar refractivity (Wildman–Crippen MR) is 74.6 cm³/mol. The maximum absolute atomic E-state index is 11.7. The van der Waals surface area contributed by atoms with E-state index >= 15 is 0 Å². The first kappa shape index (κ1) is 15.8. The van der Waals surface area contributed by atoms with Crippen LogP contribution in [0.25, 0.3) is 0 Å². The van der Waals surface area contributed by atoms with Crippen LogP contribution < -0.4 is 0 Å². The highest BCUT2D eigenvalue weighted by atomic mass is 16.5. The van der Waals surface area contributed by atoms with Gasteiger partial charge in [0.2, 0.25) is 0 Å². The van der Waals surface area contributed by atoms with Gasteiger partial charge < -0.3 is 9.47 Å². The summed E-state index contributed by atoms with van der Waals surface area (Å²) in [5.41, 5.74) is 0.282. The molecule has 0 aromatic heterocycles. The number of hydrogen-bond donors (Lipinski definition) is 0. The van der Waals surface area contributed by atoms with Crippen molar-refractivity contribution in [1.82, 2.24) is 4.90 Å². The molecule has 1 atom stereocenters. The Kier molecular flexibility index (Phi) is 6.38. The van der Waals surface area contributed by atoms with Crippen LogP contribution in [0.2, 0.25) is 0 Å². The van der Waals surface area contributed by atoms with Crippen molar-refractivity contribution < 1.29 is 19.1 Å². The Balaban J connectivity index is 2.88. The number of rotatable bonds is 3. The number of ether oxygens (including phenoxy) is 2. The average molecular weight is 277 g/mol. The summed E-state index contributed by atoms with van der Waals surface area (Å²) in [6, 6.07) is -0.423. The lowest BCUT2D eigenvalue weighted by Crippen LogP contribution is -2.36. The smallest absolute Gasteiger partial charge is 0.414 e. The Hall–Kier alpha value is -2.22. The van der Waals surface area contributed by atoms with Gasteiger partial charge in [0.1, 0.15) is 6.04 Å². The molecule has 20 heavy (non-hydrogen) atoms. The van der Waals surface area contributed by atoms with E-state index in [4.69, 9.17) is 4.74 Å². The summed E-state index contributed by atoms with van der Waals surface area (Å²) < 4.78 is 9.32. The van der Waals surface area contributed by atoms with Gasteiger partial charge in [-0.05, 0) is 18.6 Å². The Morgan fingerprint density at radius 3 is 2.70 bits per heavy atom. The SMILES string of the molecule is CCCCC#CC1C=CC(C(=O)OC)=CN1C(=O)OC. The summed E-state index contributed by atoms with van der Waals surface area (Å²) in [5, 5.41) is 0. The van der Waals surface area contributed by atoms with Crippen LogP contribution >= 0.6 is 0 Å².